The number of hydrogen-bond acceptors (Lipinski definition) is 1. The molecular formula is C10H17N. The molecule has 0 spiro atoms. The molecule has 1 heteroatoms. The topological polar surface area (TPSA) is 12.0 Å². The summed E-state index contributed by atoms with van der Waals surface area (Å²) >= 11 is 0. The molecule has 1 fully saturated rings. The molecule has 2 rings (SSSR count). The van der Waals surface area contributed by atoms with Crippen molar-refractivity contribution in [3.8, 4) is 0 Å². The molecule has 0 amide bonds. The average molecular weight is 151 g/mol. The fraction of sp³-hybridized carbons (Fsp3) is 0.800. The van der Waals surface area contributed by atoms with Crippen LogP contribution in [0.3, 0.4) is 0 Å². The van der Waals surface area contributed by atoms with Gasteiger partial charge in [-0.05, 0) is 45.1 Å². The van der Waals surface area contributed by atoms with Gasteiger partial charge >= 0.3 is 0 Å². The normalized spacial score (nSPS) is 33.7. The summed E-state index contributed by atoms with van der Waals surface area (Å²) in [6, 6.07) is 0. The smallest absolute Gasteiger partial charge is 0.0211 e. The van der Waals surface area contributed by atoms with Gasteiger partial charge in [-0.2, -0.15) is 0 Å². The lowest BCUT2D eigenvalue weighted by Crippen LogP contribution is -2.36. The molecule has 1 unspecified atom stereocenters. The lowest BCUT2D eigenvalue weighted by Gasteiger charge is -2.27. The Morgan fingerprint density at radius 1 is 1.36 bits per heavy atom. The van der Waals surface area contributed by atoms with Crippen LogP contribution in [0.2, 0.25) is 0 Å². The molecule has 0 heterocycles. The minimum atomic E-state index is 0.560. The van der Waals surface area contributed by atoms with Crippen LogP contribution in [0.1, 0.15) is 32.1 Å². The van der Waals surface area contributed by atoms with Gasteiger partial charge in [-0.1, -0.05) is 12.2 Å². The summed E-state index contributed by atoms with van der Waals surface area (Å²) < 4.78 is 0. The lowest BCUT2D eigenvalue weighted by atomic mass is 9.86. The van der Waals surface area contributed by atoms with Crippen molar-refractivity contribution in [1.82, 2.24) is 5.32 Å². The van der Waals surface area contributed by atoms with E-state index in [4.69, 9.17) is 0 Å². The Hall–Kier alpha value is -0.300. The van der Waals surface area contributed by atoms with Crippen molar-refractivity contribution in [3.05, 3.63) is 12.2 Å². The Morgan fingerprint density at radius 2 is 2.18 bits per heavy atom. The molecule has 0 aromatic heterocycles. The second-order valence-electron chi connectivity index (χ2n) is 3.89. The van der Waals surface area contributed by atoms with E-state index in [2.05, 4.69) is 24.5 Å². The summed E-state index contributed by atoms with van der Waals surface area (Å²) in [5.74, 6) is 0.928. The SMILES string of the molecule is CNC1(C2CC=CCC2)CC1. The van der Waals surface area contributed by atoms with E-state index in [1.165, 1.54) is 32.1 Å². The van der Waals surface area contributed by atoms with Gasteiger partial charge in [0.15, 0.2) is 0 Å². The van der Waals surface area contributed by atoms with Gasteiger partial charge in [-0.15, -0.1) is 0 Å². The summed E-state index contributed by atoms with van der Waals surface area (Å²) in [6.45, 7) is 0. The van der Waals surface area contributed by atoms with E-state index >= 15 is 0 Å². The summed E-state index contributed by atoms with van der Waals surface area (Å²) in [4.78, 5) is 0. The Bertz CT molecular complexity index is 168. The Balaban J connectivity index is 1.99. The van der Waals surface area contributed by atoms with Crippen molar-refractivity contribution in [2.45, 2.75) is 37.6 Å². The maximum Gasteiger partial charge on any atom is 0.0211 e. The zero-order valence-electron chi connectivity index (χ0n) is 7.27. The maximum absolute atomic E-state index is 3.49. The predicted molar refractivity (Wildman–Crippen MR) is 47.5 cm³/mol. The summed E-state index contributed by atoms with van der Waals surface area (Å²) in [5.41, 5.74) is 0.560. The molecule has 0 saturated heterocycles. The third-order valence-corrected chi connectivity index (χ3v) is 3.34. The Kier molecular flexibility index (Phi) is 1.76. The van der Waals surface area contributed by atoms with E-state index < -0.39 is 0 Å². The number of rotatable bonds is 2. The molecule has 1 atom stereocenters. The van der Waals surface area contributed by atoms with Gasteiger partial charge in [0, 0.05) is 5.54 Å². The number of nitrogens with one attached hydrogen (secondary N) is 1. The van der Waals surface area contributed by atoms with Crippen LogP contribution < -0.4 is 5.32 Å². The second-order valence-corrected chi connectivity index (χ2v) is 3.89. The molecule has 62 valence electrons. The fourth-order valence-electron chi connectivity index (χ4n) is 2.29. The highest BCUT2D eigenvalue weighted by Gasteiger charge is 2.47. The first-order valence-electron chi connectivity index (χ1n) is 4.71. The van der Waals surface area contributed by atoms with Crippen LogP contribution in [0.15, 0.2) is 12.2 Å². The first-order valence-corrected chi connectivity index (χ1v) is 4.71. The predicted octanol–water partition coefficient (Wildman–Crippen LogP) is 2.09. The highest BCUT2D eigenvalue weighted by atomic mass is 15.0. The zero-order valence-corrected chi connectivity index (χ0v) is 7.27. The van der Waals surface area contributed by atoms with Crippen molar-refractivity contribution >= 4 is 0 Å². The maximum atomic E-state index is 3.49. The van der Waals surface area contributed by atoms with Crippen LogP contribution >= 0.6 is 0 Å². The molecule has 0 aromatic rings. The standard InChI is InChI=1S/C10H17N/c1-11-10(7-8-10)9-5-3-2-4-6-9/h2-3,9,11H,4-8H2,1H3. The molecule has 2 aliphatic rings. The molecule has 0 radical (unpaired) electrons. The Labute approximate surface area is 68.9 Å². The van der Waals surface area contributed by atoms with Crippen LogP contribution in [0.5, 0.6) is 0 Å². The van der Waals surface area contributed by atoms with Gasteiger partial charge < -0.3 is 5.32 Å². The van der Waals surface area contributed by atoms with E-state index in [-0.39, 0.29) is 0 Å². The lowest BCUT2D eigenvalue weighted by molar-refractivity contribution is 0.327. The van der Waals surface area contributed by atoms with Gasteiger partial charge in [-0.3, -0.25) is 0 Å². The van der Waals surface area contributed by atoms with Gasteiger partial charge in [0.2, 0.25) is 0 Å². The highest BCUT2D eigenvalue weighted by Crippen LogP contribution is 2.46. The number of allylic oxidation sites excluding steroid dienone is 2. The first-order chi connectivity index (χ1) is 5.37. The minimum Gasteiger partial charge on any atom is -0.314 e. The quantitative estimate of drug-likeness (QED) is 0.596. The molecule has 1 N–H and O–H groups in total. The molecular weight excluding hydrogens is 134 g/mol. The van der Waals surface area contributed by atoms with Crippen LogP contribution in [-0.4, -0.2) is 12.6 Å². The van der Waals surface area contributed by atoms with Crippen LogP contribution in [0, 0.1) is 5.92 Å². The minimum absolute atomic E-state index is 0.560. The van der Waals surface area contributed by atoms with Crippen molar-refractivity contribution in [3.63, 3.8) is 0 Å². The largest absolute Gasteiger partial charge is 0.314 e. The van der Waals surface area contributed by atoms with E-state index in [9.17, 15) is 0 Å². The van der Waals surface area contributed by atoms with Crippen LogP contribution in [-0.2, 0) is 0 Å². The fourth-order valence-corrected chi connectivity index (χ4v) is 2.29. The van der Waals surface area contributed by atoms with Crippen LogP contribution in [0.4, 0.5) is 0 Å². The third kappa shape index (κ3) is 1.22. The molecule has 2 aliphatic carbocycles. The van der Waals surface area contributed by atoms with Crippen molar-refractivity contribution in [2.75, 3.05) is 7.05 Å². The second kappa shape index (κ2) is 2.63. The van der Waals surface area contributed by atoms with Gasteiger partial charge in [0.25, 0.3) is 0 Å². The van der Waals surface area contributed by atoms with E-state index in [0.29, 0.717) is 5.54 Å². The van der Waals surface area contributed by atoms with Crippen molar-refractivity contribution in [1.29, 1.82) is 0 Å². The van der Waals surface area contributed by atoms with Gasteiger partial charge in [0.1, 0.15) is 0 Å². The average Bonchev–Trinajstić information content (AvgIpc) is 2.86. The van der Waals surface area contributed by atoms with Crippen molar-refractivity contribution < 1.29 is 0 Å². The zero-order chi connectivity index (χ0) is 7.73. The van der Waals surface area contributed by atoms with E-state index in [1.54, 1.807) is 0 Å². The summed E-state index contributed by atoms with van der Waals surface area (Å²) in [6.07, 6.45) is 11.5. The van der Waals surface area contributed by atoms with E-state index in [0.717, 1.165) is 5.92 Å². The molecule has 11 heavy (non-hydrogen) atoms. The summed E-state index contributed by atoms with van der Waals surface area (Å²) in [5, 5.41) is 3.49. The molecule has 1 nitrogen and oxygen atoms in total. The van der Waals surface area contributed by atoms with Gasteiger partial charge in [0.05, 0.1) is 0 Å². The molecule has 0 aliphatic heterocycles. The van der Waals surface area contributed by atoms with Gasteiger partial charge in [-0.25, -0.2) is 0 Å². The van der Waals surface area contributed by atoms with Crippen molar-refractivity contribution in [2.24, 2.45) is 5.92 Å². The third-order valence-electron chi connectivity index (χ3n) is 3.34. The van der Waals surface area contributed by atoms with Crippen LogP contribution in [0.25, 0.3) is 0 Å². The van der Waals surface area contributed by atoms with E-state index in [1.807, 2.05) is 0 Å². The molecule has 0 aromatic carbocycles. The first kappa shape index (κ1) is 7.35. The monoisotopic (exact) mass is 151 g/mol. The highest BCUT2D eigenvalue weighted by molar-refractivity contribution is 5.09. The summed E-state index contributed by atoms with van der Waals surface area (Å²) in [7, 11) is 2.12. The number of hydrogen-bond donors (Lipinski definition) is 1. The molecule has 0 bridgehead atoms. The Morgan fingerprint density at radius 3 is 2.64 bits per heavy atom. The molecule has 1 saturated carbocycles.